The third-order valence-electron chi connectivity index (χ3n) is 10.1. The van der Waals surface area contributed by atoms with Crippen molar-refractivity contribution >= 4 is 35.2 Å². The first kappa shape index (κ1) is 28.7. The fourth-order valence-corrected chi connectivity index (χ4v) is 7.57. The van der Waals surface area contributed by atoms with E-state index in [1.54, 1.807) is 0 Å². The maximum Gasteiger partial charge on any atom is 0.266 e. The van der Waals surface area contributed by atoms with E-state index < -0.39 is 29.7 Å². The van der Waals surface area contributed by atoms with Crippen molar-refractivity contribution in [3.63, 3.8) is 0 Å². The first-order chi connectivity index (χ1) is 21.3. The van der Waals surface area contributed by atoms with Gasteiger partial charge in [0.25, 0.3) is 23.6 Å². The number of carbonyl (C=O) groups is 5. The number of hydrazine groups is 1. The van der Waals surface area contributed by atoms with Gasteiger partial charge < -0.3 is 10.2 Å². The molecule has 5 aliphatic rings. The second-order valence-corrected chi connectivity index (χ2v) is 12.9. The van der Waals surface area contributed by atoms with Gasteiger partial charge in [-0.2, -0.15) is 0 Å². The molecule has 1 saturated carbocycles. The van der Waals surface area contributed by atoms with Gasteiger partial charge in [0.2, 0.25) is 5.91 Å². The zero-order chi connectivity index (χ0) is 30.5. The van der Waals surface area contributed by atoms with Gasteiger partial charge >= 0.3 is 0 Å². The maximum absolute atomic E-state index is 13.3. The van der Waals surface area contributed by atoms with E-state index in [-0.39, 0.29) is 18.7 Å². The summed E-state index contributed by atoms with van der Waals surface area (Å²) in [6.07, 6.45) is 6.76. The molecule has 11 nitrogen and oxygen atoms in total. The van der Waals surface area contributed by atoms with Crippen molar-refractivity contribution in [1.29, 1.82) is 0 Å². The number of rotatable bonds is 6. The van der Waals surface area contributed by atoms with E-state index >= 15 is 0 Å². The van der Waals surface area contributed by atoms with Crippen molar-refractivity contribution in [2.45, 2.75) is 76.5 Å². The number of carbonyl (C=O) groups excluding carboxylic acids is 5. The number of hydrogen-bond acceptors (Lipinski definition) is 8. The van der Waals surface area contributed by atoms with Crippen molar-refractivity contribution in [2.24, 2.45) is 11.8 Å². The van der Waals surface area contributed by atoms with Gasteiger partial charge in [-0.1, -0.05) is 12.8 Å². The molecule has 1 aliphatic carbocycles. The summed E-state index contributed by atoms with van der Waals surface area (Å²) in [5.41, 5.74) is 4.57. The van der Waals surface area contributed by atoms with E-state index in [0.29, 0.717) is 46.7 Å². The summed E-state index contributed by atoms with van der Waals surface area (Å²) in [7, 11) is 0. The first-order valence-corrected chi connectivity index (χ1v) is 15.8. The number of benzene rings is 2. The summed E-state index contributed by atoms with van der Waals surface area (Å²) in [6.45, 7) is 4.28. The predicted octanol–water partition coefficient (Wildman–Crippen LogP) is 2.58. The van der Waals surface area contributed by atoms with Gasteiger partial charge in [-0.25, -0.2) is 10.9 Å². The number of hydrogen-bond donors (Lipinski definition) is 2. The third kappa shape index (κ3) is 5.17. The van der Waals surface area contributed by atoms with Crippen molar-refractivity contribution in [2.75, 3.05) is 24.5 Å². The lowest BCUT2D eigenvalue weighted by Crippen LogP contribution is -2.58. The van der Waals surface area contributed by atoms with Gasteiger partial charge in [-0.15, -0.1) is 0 Å². The largest absolute Gasteiger partial charge is 0.372 e. The molecule has 0 bridgehead atoms. The number of amides is 5. The number of piperidine rings is 2. The molecule has 4 heterocycles. The smallest absolute Gasteiger partial charge is 0.266 e. The minimum atomic E-state index is -1.05. The van der Waals surface area contributed by atoms with Crippen LogP contribution in [0.25, 0.3) is 0 Å². The summed E-state index contributed by atoms with van der Waals surface area (Å²) in [4.78, 5) is 69.3. The molecule has 3 fully saturated rings. The summed E-state index contributed by atoms with van der Waals surface area (Å²) < 4.78 is 0. The minimum absolute atomic E-state index is 0.00997. The van der Waals surface area contributed by atoms with E-state index in [1.165, 1.54) is 12.8 Å². The van der Waals surface area contributed by atoms with Gasteiger partial charge in [-0.3, -0.25) is 33.8 Å². The number of anilines is 1. The zero-order valence-electron chi connectivity index (χ0n) is 24.8. The van der Waals surface area contributed by atoms with Crippen molar-refractivity contribution < 1.29 is 24.0 Å². The highest BCUT2D eigenvalue weighted by atomic mass is 16.2. The van der Waals surface area contributed by atoms with Crippen molar-refractivity contribution in [3.05, 3.63) is 64.2 Å². The lowest BCUT2D eigenvalue weighted by molar-refractivity contribution is -0.151. The highest BCUT2D eigenvalue weighted by molar-refractivity contribution is 6.23. The molecule has 7 rings (SSSR count). The summed E-state index contributed by atoms with van der Waals surface area (Å²) in [5.74, 6) is 3.92. The monoisotopic (exact) mass is 598 g/mol. The summed E-state index contributed by atoms with van der Waals surface area (Å²) in [6, 6.07) is 10.8. The Kier molecular flexibility index (Phi) is 7.45. The molecule has 5 amide bonds. The van der Waals surface area contributed by atoms with Crippen molar-refractivity contribution in [3.8, 4) is 0 Å². The molecule has 3 N–H and O–H groups in total. The Morgan fingerprint density at radius 1 is 0.841 bits per heavy atom. The average Bonchev–Trinajstić information content (AvgIpc) is 3.74. The van der Waals surface area contributed by atoms with Gasteiger partial charge in [-0.05, 0) is 85.5 Å². The maximum atomic E-state index is 13.3. The summed E-state index contributed by atoms with van der Waals surface area (Å²) >= 11 is 0. The molecule has 1 unspecified atom stereocenters. The van der Waals surface area contributed by atoms with Crippen LogP contribution in [0.5, 0.6) is 0 Å². The van der Waals surface area contributed by atoms with Gasteiger partial charge in [0.05, 0.1) is 11.1 Å². The second-order valence-electron chi connectivity index (χ2n) is 12.9. The molecule has 2 aromatic rings. The molecule has 230 valence electrons. The topological polar surface area (TPSA) is 136 Å². The van der Waals surface area contributed by atoms with Gasteiger partial charge in [0, 0.05) is 56.4 Å². The van der Waals surface area contributed by atoms with Crippen LogP contribution in [0.3, 0.4) is 0 Å². The van der Waals surface area contributed by atoms with Crippen LogP contribution in [0.15, 0.2) is 36.4 Å². The Morgan fingerprint density at radius 2 is 1.45 bits per heavy atom. The van der Waals surface area contributed by atoms with Crippen LogP contribution in [0.2, 0.25) is 0 Å². The second kappa shape index (κ2) is 11.4. The molecule has 44 heavy (non-hydrogen) atoms. The van der Waals surface area contributed by atoms with Crippen molar-refractivity contribution in [1.82, 2.24) is 20.1 Å². The lowest BCUT2D eigenvalue weighted by atomic mass is 9.95. The summed E-state index contributed by atoms with van der Waals surface area (Å²) in [5, 5.41) is 3.68. The van der Waals surface area contributed by atoms with Crippen LogP contribution in [-0.2, 0) is 22.7 Å². The Bertz CT molecular complexity index is 1480. The Hall–Kier alpha value is -4.09. The average molecular weight is 599 g/mol. The number of imide groups is 2. The van der Waals surface area contributed by atoms with E-state index in [0.717, 1.165) is 67.0 Å². The Morgan fingerprint density at radius 3 is 2.07 bits per heavy atom. The van der Waals surface area contributed by atoms with Crippen LogP contribution in [0.4, 0.5) is 5.69 Å². The fraction of sp³-hybridized carbons (Fsp3) is 0.485. The first-order valence-electron chi connectivity index (χ1n) is 15.8. The normalized spacial score (nSPS) is 23.1. The third-order valence-corrected chi connectivity index (χ3v) is 10.1. The molecule has 4 aliphatic heterocycles. The molecule has 1 atom stereocenters. The molecule has 0 radical (unpaired) electrons. The molecule has 11 heteroatoms. The SMILES string of the molecule is NN1C(=O)CCC(N2C(=O)c3cc4c(cc3C2=O)CN(CC2CCN(c3ccc(C(=O)NC5CCCC5)cc3)CC2)C4)C1=O. The van der Waals surface area contributed by atoms with Gasteiger partial charge in [0.15, 0.2) is 0 Å². The fourth-order valence-electron chi connectivity index (χ4n) is 7.57. The number of nitrogens with zero attached hydrogens (tertiary/aromatic N) is 4. The predicted molar refractivity (Wildman–Crippen MR) is 161 cm³/mol. The molecular formula is C33H38N6O5. The zero-order valence-corrected chi connectivity index (χ0v) is 24.8. The molecule has 0 aromatic heterocycles. The van der Waals surface area contributed by atoms with Gasteiger partial charge in [0.1, 0.15) is 6.04 Å². The Labute approximate surface area is 256 Å². The van der Waals surface area contributed by atoms with Crippen LogP contribution in [0, 0.1) is 5.92 Å². The highest BCUT2D eigenvalue weighted by Gasteiger charge is 2.47. The van der Waals surface area contributed by atoms with E-state index in [1.807, 2.05) is 24.3 Å². The quantitative estimate of drug-likeness (QED) is 0.294. The Balaban J connectivity index is 0.927. The number of nitrogens with two attached hydrogens (primary N) is 1. The van der Waals surface area contributed by atoms with Crippen LogP contribution < -0.4 is 16.1 Å². The van der Waals surface area contributed by atoms with E-state index in [4.69, 9.17) is 5.84 Å². The van der Waals surface area contributed by atoms with Crippen LogP contribution in [0.1, 0.15) is 93.6 Å². The molecular weight excluding hydrogens is 560 g/mol. The molecule has 2 saturated heterocycles. The molecule has 0 spiro atoms. The lowest BCUT2D eigenvalue weighted by Gasteiger charge is -2.35. The van der Waals surface area contributed by atoms with Crippen LogP contribution >= 0.6 is 0 Å². The molecule has 2 aromatic carbocycles. The number of fused-ring (bicyclic) bond motifs is 2. The van der Waals surface area contributed by atoms with Crippen LogP contribution in [-0.4, -0.2) is 76.1 Å². The van der Waals surface area contributed by atoms with E-state index in [9.17, 15) is 24.0 Å². The number of nitrogens with one attached hydrogen (secondary N) is 1. The standard InChI is InChI=1S/C33H38N6O5/c34-39-29(40)10-9-28(33(39)44)38-31(42)26-15-22-18-36(19-23(22)16-27(26)32(38)43)17-20-11-13-37(14-12-20)25-7-5-21(6-8-25)30(41)35-24-3-1-2-4-24/h5-8,15-16,20,24,28H,1-4,9-14,17-19,34H2,(H,35,41). The highest BCUT2D eigenvalue weighted by Crippen LogP contribution is 2.35. The van der Waals surface area contributed by atoms with E-state index in [2.05, 4.69) is 27.2 Å². The minimum Gasteiger partial charge on any atom is -0.372 e.